The van der Waals surface area contributed by atoms with Crippen molar-refractivity contribution in [1.82, 2.24) is 0 Å². The predicted molar refractivity (Wildman–Crippen MR) is 124 cm³/mol. The van der Waals surface area contributed by atoms with Crippen LogP contribution in [-0.4, -0.2) is 25.2 Å². The smallest absolute Gasteiger partial charge is 0.343 e. The second-order valence-electron chi connectivity index (χ2n) is 7.03. The van der Waals surface area contributed by atoms with Crippen LogP contribution >= 0.6 is 0 Å². The number of ether oxygens (including phenoxy) is 3. The maximum Gasteiger partial charge on any atom is 0.343 e. The number of benzene rings is 3. The average molecular weight is 441 g/mol. The molecule has 0 saturated carbocycles. The standard InChI is InChI=1S/C27H23NO5/c1-2-26(29)32-17-7-6-16-31-24-15-14-23(19-28)25(18-24)33-27(30)22-12-10-21(11-13-22)20-8-4-3-5-9-20/h2-5,8-15,18H,1,6-7,16-17H2. The van der Waals surface area contributed by atoms with Crippen molar-refractivity contribution in [2.75, 3.05) is 13.2 Å². The number of rotatable bonds is 10. The topological polar surface area (TPSA) is 85.6 Å². The molecule has 0 bridgehead atoms. The first-order chi connectivity index (χ1) is 16.1. The highest BCUT2D eigenvalue weighted by molar-refractivity contribution is 5.92. The van der Waals surface area contributed by atoms with E-state index in [1.54, 1.807) is 24.3 Å². The molecule has 0 amide bonds. The van der Waals surface area contributed by atoms with Gasteiger partial charge in [-0.05, 0) is 48.2 Å². The number of nitrogens with zero attached hydrogens (tertiary/aromatic N) is 1. The third-order valence-corrected chi connectivity index (χ3v) is 4.72. The lowest BCUT2D eigenvalue weighted by atomic mass is 10.0. The van der Waals surface area contributed by atoms with E-state index in [-0.39, 0.29) is 17.9 Å². The van der Waals surface area contributed by atoms with Gasteiger partial charge in [0, 0.05) is 12.1 Å². The van der Waals surface area contributed by atoms with E-state index in [1.807, 2.05) is 48.5 Å². The Labute approximate surface area is 192 Å². The molecule has 0 saturated heterocycles. The van der Waals surface area contributed by atoms with Crippen molar-refractivity contribution in [3.05, 3.63) is 96.6 Å². The Bertz CT molecular complexity index is 1150. The van der Waals surface area contributed by atoms with Gasteiger partial charge in [-0.25, -0.2) is 9.59 Å². The molecule has 0 atom stereocenters. The number of carbonyl (C=O) groups is 2. The molecule has 6 heteroatoms. The van der Waals surface area contributed by atoms with E-state index in [1.165, 1.54) is 6.07 Å². The van der Waals surface area contributed by atoms with Crippen molar-refractivity contribution >= 4 is 11.9 Å². The number of hydrogen-bond acceptors (Lipinski definition) is 6. The number of esters is 2. The summed E-state index contributed by atoms with van der Waals surface area (Å²) in [4.78, 5) is 23.6. The quantitative estimate of drug-likeness (QED) is 0.183. The van der Waals surface area contributed by atoms with E-state index >= 15 is 0 Å². The Morgan fingerprint density at radius 3 is 2.30 bits per heavy atom. The largest absolute Gasteiger partial charge is 0.493 e. The average Bonchev–Trinajstić information content (AvgIpc) is 2.86. The molecule has 0 aliphatic heterocycles. The maximum atomic E-state index is 12.6. The molecule has 33 heavy (non-hydrogen) atoms. The van der Waals surface area contributed by atoms with E-state index in [0.717, 1.165) is 17.2 Å². The van der Waals surface area contributed by atoms with Crippen LogP contribution in [0.3, 0.4) is 0 Å². The van der Waals surface area contributed by atoms with Crippen LogP contribution in [0.1, 0.15) is 28.8 Å². The zero-order chi connectivity index (χ0) is 23.5. The zero-order valence-electron chi connectivity index (χ0n) is 18.0. The van der Waals surface area contributed by atoms with Crippen LogP contribution in [-0.2, 0) is 9.53 Å². The second kappa shape index (κ2) is 11.9. The van der Waals surface area contributed by atoms with Crippen LogP contribution in [0.15, 0.2) is 85.5 Å². The second-order valence-corrected chi connectivity index (χ2v) is 7.03. The minimum atomic E-state index is -0.563. The summed E-state index contributed by atoms with van der Waals surface area (Å²) in [6, 6.07) is 23.6. The zero-order valence-corrected chi connectivity index (χ0v) is 18.0. The van der Waals surface area contributed by atoms with Gasteiger partial charge in [0.15, 0.2) is 5.75 Å². The molecule has 0 unspecified atom stereocenters. The molecule has 0 spiro atoms. The van der Waals surface area contributed by atoms with Crippen LogP contribution in [0.25, 0.3) is 11.1 Å². The summed E-state index contributed by atoms with van der Waals surface area (Å²) in [6.45, 7) is 4.00. The fourth-order valence-corrected chi connectivity index (χ4v) is 2.98. The first kappa shape index (κ1) is 23.3. The van der Waals surface area contributed by atoms with E-state index in [2.05, 4.69) is 6.58 Å². The molecule has 0 aliphatic rings. The molecular formula is C27H23NO5. The van der Waals surface area contributed by atoms with Gasteiger partial charge in [0.25, 0.3) is 0 Å². The van der Waals surface area contributed by atoms with Crippen LogP contribution in [0.4, 0.5) is 0 Å². The summed E-state index contributed by atoms with van der Waals surface area (Å²) in [6.07, 6.45) is 2.41. The fraction of sp³-hybridized carbons (Fsp3) is 0.148. The lowest BCUT2D eigenvalue weighted by Crippen LogP contribution is -2.09. The lowest BCUT2D eigenvalue weighted by molar-refractivity contribution is -0.137. The molecule has 166 valence electrons. The Morgan fingerprint density at radius 1 is 0.909 bits per heavy atom. The van der Waals surface area contributed by atoms with E-state index in [9.17, 15) is 14.9 Å². The SMILES string of the molecule is C=CC(=O)OCCCCOc1ccc(C#N)c(OC(=O)c2ccc(-c3ccccc3)cc2)c1. The summed E-state index contributed by atoms with van der Waals surface area (Å²) in [5, 5.41) is 9.36. The van der Waals surface area contributed by atoms with Gasteiger partial charge in [-0.1, -0.05) is 49.0 Å². The van der Waals surface area contributed by atoms with Gasteiger partial charge in [-0.3, -0.25) is 0 Å². The molecule has 0 heterocycles. The van der Waals surface area contributed by atoms with E-state index < -0.39 is 11.9 Å². The summed E-state index contributed by atoms with van der Waals surface area (Å²) in [5.41, 5.74) is 2.64. The number of hydrogen-bond donors (Lipinski definition) is 0. The summed E-state index contributed by atoms with van der Waals surface area (Å²) < 4.78 is 16.1. The number of unbranched alkanes of at least 4 members (excludes halogenated alkanes) is 1. The number of carbonyl (C=O) groups excluding carboxylic acids is 2. The minimum Gasteiger partial charge on any atom is -0.493 e. The molecule has 3 aromatic carbocycles. The Kier molecular flexibility index (Phi) is 8.38. The minimum absolute atomic E-state index is 0.132. The predicted octanol–water partition coefficient (Wildman–Crippen LogP) is 5.33. The molecule has 0 N–H and O–H groups in total. The third kappa shape index (κ3) is 6.81. The molecule has 0 aromatic heterocycles. The van der Waals surface area contributed by atoms with Crippen molar-refractivity contribution < 1.29 is 23.8 Å². The van der Waals surface area contributed by atoms with Crippen LogP contribution < -0.4 is 9.47 Å². The Morgan fingerprint density at radius 2 is 1.61 bits per heavy atom. The summed E-state index contributed by atoms with van der Waals surface area (Å²) in [7, 11) is 0. The maximum absolute atomic E-state index is 12.6. The highest BCUT2D eigenvalue weighted by Crippen LogP contribution is 2.26. The highest BCUT2D eigenvalue weighted by atomic mass is 16.5. The monoisotopic (exact) mass is 441 g/mol. The lowest BCUT2D eigenvalue weighted by Gasteiger charge is -2.10. The molecule has 0 fully saturated rings. The molecule has 3 aromatic rings. The molecule has 6 nitrogen and oxygen atoms in total. The first-order valence-corrected chi connectivity index (χ1v) is 10.4. The van der Waals surface area contributed by atoms with E-state index in [0.29, 0.717) is 30.8 Å². The van der Waals surface area contributed by atoms with Crippen molar-refractivity contribution in [3.63, 3.8) is 0 Å². The summed E-state index contributed by atoms with van der Waals surface area (Å²) in [5.74, 6) is -0.414. The molecule has 0 radical (unpaired) electrons. The van der Waals surface area contributed by atoms with Crippen molar-refractivity contribution in [2.24, 2.45) is 0 Å². The van der Waals surface area contributed by atoms with Gasteiger partial charge in [0.2, 0.25) is 0 Å². The van der Waals surface area contributed by atoms with Gasteiger partial charge >= 0.3 is 11.9 Å². The Hall–Kier alpha value is -4.37. The normalized spacial score (nSPS) is 10.0. The molecule has 0 aliphatic carbocycles. The molecular weight excluding hydrogens is 418 g/mol. The van der Waals surface area contributed by atoms with Crippen LogP contribution in [0.5, 0.6) is 11.5 Å². The van der Waals surface area contributed by atoms with Gasteiger partial charge in [0.1, 0.15) is 11.8 Å². The van der Waals surface area contributed by atoms with Crippen LogP contribution in [0, 0.1) is 11.3 Å². The molecule has 3 rings (SSSR count). The summed E-state index contributed by atoms with van der Waals surface area (Å²) >= 11 is 0. The highest BCUT2D eigenvalue weighted by Gasteiger charge is 2.13. The van der Waals surface area contributed by atoms with Gasteiger partial charge < -0.3 is 14.2 Å². The van der Waals surface area contributed by atoms with Crippen molar-refractivity contribution in [2.45, 2.75) is 12.8 Å². The van der Waals surface area contributed by atoms with Gasteiger partial charge in [-0.2, -0.15) is 5.26 Å². The van der Waals surface area contributed by atoms with Gasteiger partial charge in [0.05, 0.1) is 24.3 Å². The Balaban J connectivity index is 1.59. The fourth-order valence-electron chi connectivity index (χ4n) is 2.98. The van der Waals surface area contributed by atoms with E-state index in [4.69, 9.17) is 14.2 Å². The third-order valence-electron chi connectivity index (χ3n) is 4.72. The van der Waals surface area contributed by atoms with Gasteiger partial charge in [-0.15, -0.1) is 0 Å². The van der Waals surface area contributed by atoms with Crippen LogP contribution in [0.2, 0.25) is 0 Å². The first-order valence-electron chi connectivity index (χ1n) is 10.4. The number of nitriles is 1. The van der Waals surface area contributed by atoms with Crippen molar-refractivity contribution in [1.29, 1.82) is 5.26 Å². The van der Waals surface area contributed by atoms with Crippen molar-refractivity contribution in [3.8, 4) is 28.7 Å².